The lowest BCUT2D eigenvalue weighted by Gasteiger charge is -2.00. The monoisotopic (exact) mass is 263 g/mol. The van der Waals surface area contributed by atoms with Gasteiger partial charge < -0.3 is 4.42 Å². The van der Waals surface area contributed by atoms with Crippen molar-refractivity contribution in [2.45, 2.75) is 6.43 Å². The van der Waals surface area contributed by atoms with E-state index in [-0.39, 0.29) is 16.7 Å². The van der Waals surface area contributed by atoms with Crippen LogP contribution in [0.3, 0.4) is 0 Å². The standard InChI is InChI=1S/C8H4BrF2NO2/c9-4-2-1-3(7(10)11)5-6(4)14-8(13)12-5/h1-2,7H,(H,12,13). The molecule has 0 fully saturated rings. The van der Waals surface area contributed by atoms with E-state index in [1.54, 1.807) is 0 Å². The van der Waals surface area contributed by atoms with Gasteiger partial charge in [-0.05, 0) is 28.1 Å². The van der Waals surface area contributed by atoms with Crippen LogP contribution < -0.4 is 5.76 Å². The molecule has 0 aliphatic carbocycles. The number of alkyl halides is 2. The largest absolute Gasteiger partial charge is 0.417 e. The summed E-state index contributed by atoms with van der Waals surface area (Å²) in [6, 6.07) is 2.66. The molecule has 0 saturated heterocycles. The Morgan fingerprint density at radius 3 is 2.79 bits per heavy atom. The summed E-state index contributed by atoms with van der Waals surface area (Å²) < 4.78 is 30.1. The van der Waals surface area contributed by atoms with E-state index in [4.69, 9.17) is 4.42 Å². The average molecular weight is 264 g/mol. The lowest BCUT2D eigenvalue weighted by Crippen LogP contribution is -1.94. The van der Waals surface area contributed by atoms with Crippen LogP contribution >= 0.6 is 15.9 Å². The highest BCUT2D eigenvalue weighted by atomic mass is 79.9. The second-order valence-electron chi connectivity index (χ2n) is 2.66. The van der Waals surface area contributed by atoms with Crippen molar-refractivity contribution in [2.24, 2.45) is 0 Å². The smallest absolute Gasteiger partial charge is 0.407 e. The van der Waals surface area contributed by atoms with E-state index in [0.29, 0.717) is 4.47 Å². The Morgan fingerprint density at radius 1 is 1.43 bits per heavy atom. The fourth-order valence-electron chi connectivity index (χ4n) is 1.20. The van der Waals surface area contributed by atoms with Gasteiger partial charge >= 0.3 is 5.76 Å². The number of nitrogens with one attached hydrogen (secondary N) is 1. The minimum absolute atomic E-state index is 0.0411. The number of H-pyrrole nitrogens is 1. The summed E-state index contributed by atoms with van der Waals surface area (Å²) in [4.78, 5) is 13.0. The van der Waals surface area contributed by atoms with Crippen molar-refractivity contribution < 1.29 is 13.2 Å². The molecule has 0 spiro atoms. The summed E-state index contributed by atoms with van der Waals surface area (Å²) in [7, 11) is 0. The molecule has 3 nitrogen and oxygen atoms in total. The zero-order valence-electron chi connectivity index (χ0n) is 6.68. The van der Waals surface area contributed by atoms with Gasteiger partial charge in [-0.1, -0.05) is 0 Å². The van der Waals surface area contributed by atoms with E-state index in [9.17, 15) is 13.6 Å². The number of benzene rings is 1. The maximum absolute atomic E-state index is 12.5. The van der Waals surface area contributed by atoms with E-state index < -0.39 is 12.2 Å². The van der Waals surface area contributed by atoms with Crippen LogP contribution in [0.15, 0.2) is 25.8 Å². The van der Waals surface area contributed by atoms with Crippen molar-refractivity contribution >= 4 is 27.0 Å². The Bertz CT molecular complexity index is 532. The van der Waals surface area contributed by atoms with Crippen LogP contribution in [0.2, 0.25) is 0 Å². The molecule has 1 heterocycles. The number of hydrogen-bond donors (Lipinski definition) is 1. The Hall–Kier alpha value is -1.17. The third kappa shape index (κ3) is 1.35. The predicted octanol–water partition coefficient (Wildman–Crippen LogP) is 2.82. The molecule has 2 rings (SSSR count). The molecule has 6 heteroatoms. The van der Waals surface area contributed by atoms with E-state index >= 15 is 0 Å². The van der Waals surface area contributed by atoms with Gasteiger partial charge in [-0.25, -0.2) is 13.6 Å². The highest BCUT2D eigenvalue weighted by Gasteiger charge is 2.16. The van der Waals surface area contributed by atoms with Crippen molar-refractivity contribution in [3.05, 3.63) is 32.7 Å². The molecule has 0 radical (unpaired) electrons. The molecule has 0 unspecified atom stereocenters. The van der Waals surface area contributed by atoms with E-state index in [0.717, 1.165) is 0 Å². The fraction of sp³-hybridized carbons (Fsp3) is 0.125. The van der Waals surface area contributed by atoms with Gasteiger partial charge in [0.2, 0.25) is 0 Å². The van der Waals surface area contributed by atoms with Crippen LogP contribution in [-0.4, -0.2) is 4.98 Å². The summed E-state index contributed by atoms with van der Waals surface area (Å²) in [6.07, 6.45) is -2.64. The van der Waals surface area contributed by atoms with Gasteiger partial charge in [0.05, 0.1) is 9.99 Å². The molecule has 0 bridgehead atoms. The van der Waals surface area contributed by atoms with Gasteiger partial charge in [0.25, 0.3) is 6.43 Å². The molecule has 2 aromatic rings. The van der Waals surface area contributed by atoms with Gasteiger partial charge in [0.15, 0.2) is 5.58 Å². The van der Waals surface area contributed by atoms with Gasteiger partial charge in [0, 0.05) is 5.56 Å². The van der Waals surface area contributed by atoms with Gasteiger partial charge in [-0.15, -0.1) is 0 Å². The number of oxazole rings is 1. The predicted molar refractivity (Wildman–Crippen MR) is 49.5 cm³/mol. The number of hydrogen-bond acceptors (Lipinski definition) is 2. The first-order chi connectivity index (χ1) is 6.59. The van der Waals surface area contributed by atoms with Crippen molar-refractivity contribution in [1.29, 1.82) is 0 Å². The molecule has 0 amide bonds. The topological polar surface area (TPSA) is 46.0 Å². The zero-order chi connectivity index (χ0) is 10.3. The lowest BCUT2D eigenvalue weighted by molar-refractivity contribution is 0.153. The summed E-state index contributed by atoms with van der Waals surface area (Å²) in [5.41, 5.74) is -0.0822. The first-order valence-corrected chi connectivity index (χ1v) is 4.48. The minimum atomic E-state index is -2.64. The molecule has 14 heavy (non-hydrogen) atoms. The number of halogens is 3. The maximum atomic E-state index is 12.5. The highest BCUT2D eigenvalue weighted by Crippen LogP contribution is 2.30. The van der Waals surface area contributed by atoms with Crippen molar-refractivity contribution in [1.82, 2.24) is 4.98 Å². The Balaban J connectivity index is 2.87. The van der Waals surface area contributed by atoms with E-state index in [1.807, 2.05) is 0 Å². The molecule has 1 aromatic carbocycles. The van der Waals surface area contributed by atoms with Crippen LogP contribution in [0.4, 0.5) is 8.78 Å². The molecule has 0 aliphatic heterocycles. The molecule has 1 N–H and O–H groups in total. The number of rotatable bonds is 1. The molecule has 0 saturated carbocycles. The second-order valence-corrected chi connectivity index (χ2v) is 3.51. The van der Waals surface area contributed by atoms with Crippen LogP contribution in [0.25, 0.3) is 11.1 Å². The Morgan fingerprint density at radius 2 is 2.14 bits per heavy atom. The zero-order valence-corrected chi connectivity index (χ0v) is 8.27. The van der Waals surface area contributed by atoms with Gasteiger partial charge in [-0.3, -0.25) is 4.98 Å². The molecule has 1 aromatic heterocycles. The van der Waals surface area contributed by atoms with Gasteiger partial charge in [0.1, 0.15) is 0 Å². The number of fused-ring (bicyclic) bond motifs is 1. The SMILES string of the molecule is O=c1[nH]c2c(C(F)F)ccc(Br)c2o1. The average Bonchev–Trinajstić information content (AvgIpc) is 2.47. The summed E-state index contributed by atoms with van der Waals surface area (Å²) in [5.74, 6) is -0.742. The summed E-state index contributed by atoms with van der Waals surface area (Å²) >= 11 is 3.10. The third-order valence-corrected chi connectivity index (χ3v) is 2.42. The van der Waals surface area contributed by atoms with E-state index in [1.165, 1.54) is 12.1 Å². The van der Waals surface area contributed by atoms with Crippen LogP contribution in [0, 0.1) is 0 Å². The number of aromatic amines is 1. The molecular formula is C8H4BrF2NO2. The number of aromatic nitrogens is 1. The molecular weight excluding hydrogens is 260 g/mol. The minimum Gasteiger partial charge on any atom is -0.407 e. The molecule has 0 atom stereocenters. The van der Waals surface area contributed by atoms with Crippen molar-refractivity contribution in [3.8, 4) is 0 Å². The first-order valence-electron chi connectivity index (χ1n) is 3.69. The quantitative estimate of drug-likeness (QED) is 0.860. The van der Waals surface area contributed by atoms with Crippen molar-refractivity contribution in [3.63, 3.8) is 0 Å². The van der Waals surface area contributed by atoms with Crippen LogP contribution in [-0.2, 0) is 0 Å². The Kier molecular flexibility index (Phi) is 2.14. The molecule has 0 aliphatic rings. The molecule has 74 valence electrons. The highest BCUT2D eigenvalue weighted by molar-refractivity contribution is 9.10. The first kappa shape index (κ1) is 9.39. The van der Waals surface area contributed by atoms with E-state index in [2.05, 4.69) is 20.9 Å². The summed E-state index contributed by atoms with van der Waals surface area (Å²) in [6.45, 7) is 0. The second kappa shape index (κ2) is 3.20. The summed E-state index contributed by atoms with van der Waals surface area (Å²) in [5, 5.41) is 0. The fourth-order valence-corrected chi connectivity index (χ4v) is 1.61. The van der Waals surface area contributed by atoms with Crippen LogP contribution in [0.1, 0.15) is 12.0 Å². The maximum Gasteiger partial charge on any atom is 0.417 e. The normalized spacial score (nSPS) is 11.4. The Labute approximate surface area is 84.9 Å². The van der Waals surface area contributed by atoms with Crippen molar-refractivity contribution in [2.75, 3.05) is 0 Å². The third-order valence-electron chi connectivity index (χ3n) is 1.80. The lowest BCUT2D eigenvalue weighted by atomic mass is 10.2. The van der Waals surface area contributed by atoms with Gasteiger partial charge in [-0.2, -0.15) is 0 Å². The van der Waals surface area contributed by atoms with Crippen LogP contribution in [0.5, 0.6) is 0 Å².